The van der Waals surface area contributed by atoms with E-state index in [1.807, 2.05) is 6.07 Å². The average molecular weight is 279 g/mol. The first kappa shape index (κ1) is 14.7. The average Bonchev–Trinajstić information content (AvgIpc) is 2.80. The molecule has 0 amide bonds. The van der Waals surface area contributed by atoms with Crippen LogP contribution in [0, 0.1) is 6.92 Å². The summed E-state index contributed by atoms with van der Waals surface area (Å²) in [4.78, 5) is 0. The highest BCUT2D eigenvalue weighted by Crippen LogP contribution is 2.32. The van der Waals surface area contributed by atoms with Crippen molar-refractivity contribution in [1.82, 2.24) is 5.32 Å². The van der Waals surface area contributed by atoms with Crippen molar-refractivity contribution in [1.29, 1.82) is 0 Å². The van der Waals surface area contributed by atoms with E-state index in [1.54, 1.807) is 6.07 Å². The van der Waals surface area contributed by atoms with Crippen LogP contribution in [0.4, 0.5) is 0 Å². The van der Waals surface area contributed by atoms with Gasteiger partial charge in [-0.05, 0) is 44.9 Å². The van der Waals surface area contributed by atoms with E-state index in [9.17, 15) is 5.11 Å². The minimum absolute atomic E-state index is 0.218. The molecule has 3 heteroatoms. The Hall–Kier alpha value is -0.670. The second kappa shape index (κ2) is 6.67. The summed E-state index contributed by atoms with van der Waals surface area (Å²) in [6.45, 7) is 6.45. The van der Waals surface area contributed by atoms with Gasteiger partial charge in [0.2, 0.25) is 0 Å². The molecule has 0 spiro atoms. The molecule has 0 heterocycles. The Morgan fingerprint density at radius 2 is 2.21 bits per heavy atom. The standard InChI is InChI=1S/C16H25NOS/c1-4-19-14-7-6-13(10-14)17-12(3)15-9-11(2)5-8-16(15)18/h5,8-9,12-14,17-18H,4,6-7,10H2,1-3H3. The van der Waals surface area contributed by atoms with Crippen LogP contribution in [0.5, 0.6) is 5.75 Å². The van der Waals surface area contributed by atoms with E-state index in [2.05, 4.69) is 43.9 Å². The molecule has 0 aliphatic heterocycles. The van der Waals surface area contributed by atoms with Crippen molar-refractivity contribution in [2.24, 2.45) is 0 Å². The Morgan fingerprint density at radius 1 is 1.42 bits per heavy atom. The summed E-state index contributed by atoms with van der Waals surface area (Å²) in [6, 6.07) is 6.65. The highest BCUT2D eigenvalue weighted by molar-refractivity contribution is 7.99. The molecule has 1 aliphatic carbocycles. The smallest absolute Gasteiger partial charge is 0.120 e. The largest absolute Gasteiger partial charge is 0.508 e. The topological polar surface area (TPSA) is 32.3 Å². The highest BCUT2D eigenvalue weighted by Gasteiger charge is 2.26. The highest BCUT2D eigenvalue weighted by atomic mass is 32.2. The maximum absolute atomic E-state index is 9.97. The first-order chi connectivity index (χ1) is 9.10. The van der Waals surface area contributed by atoms with Gasteiger partial charge in [-0.15, -0.1) is 0 Å². The fraction of sp³-hybridized carbons (Fsp3) is 0.625. The number of hydrogen-bond acceptors (Lipinski definition) is 3. The van der Waals surface area contributed by atoms with Crippen molar-refractivity contribution in [3.8, 4) is 5.75 Å². The number of nitrogens with one attached hydrogen (secondary N) is 1. The summed E-state index contributed by atoms with van der Waals surface area (Å²) in [7, 11) is 0. The van der Waals surface area contributed by atoms with Crippen LogP contribution in [0.1, 0.15) is 50.3 Å². The monoisotopic (exact) mass is 279 g/mol. The molecule has 2 rings (SSSR count). The molecule has 19 heavy (non-hydrogen) atoms. The molecule has 0 saturated heterocycles. The summed E-state index contributed by atoms with van der Waals surface area (Å²) in [6.07, 6.45) is 3.84. The van der Waals surface area contributed by atoms with Gasteiger partial charge in [-0.25, -0.2) is 0 Å². The summed E-state index contributed by atoms with van der Waals surface area (Å²) in [5, 5.41) is 14.5. The Balaban J connectivity index is 1.94. The molecule has 1 aliphatic rings. The van der Waals surface area contributed by atoms with Gasteiger partial charge in [0, 0.05) is 22.9 Å². The lowest BCUT2D eigenvalue weighted by molar-refractivity contribution is 0.427. The summed E-state index contributed by atoms with van der Waals surface area (Å²) in [5.74, 6) is 1.62. The van der Waals surface area contributed by atoms with Crippen molar-refractivity contribution in [3.05, 3.63) is 29.3 Å². The molecule has 1 aromatic rings. The number of hydrogen-bond donors (Lipinski definition) is 2. The Kier molecular flexibility index (Phi) is 5.17. The molecule has 3 unspecified atom stereocenters. The maximum atomic E-state index is 9.97. The predicted octanol–water partition coefficient (Wildman–Crippen LogP) is 4.03. The van der Waals surface area contributed by atoms with E-state index in [1.165, 1.54) is 30.6 Å². The number of phenols is 1. The van der Waals surface area contributed by atoms with E-state index >= 15 is 0 Å². The molecule has 0 radical (unpaired) electrons. The van der Waals surface area contributed by atoms with Crippen molar-refractivity contribution < 1.29 is 5.11 Å². The Morgan fingerprint density at radius 3 is 2.95 bits per heavy atom. The van der Waals surface area contributed by atoms with Gasteiger partial charge in [-0.2, -0.15) is 11.8 Å². The second-order valence-corrected chi connectivity index (χ2v) is 7.12. The van der Waals surface area contributed by atoms with Crippen LogP contribution in [0.15, 0.2) is 18.2 Å². The van der Waals surface area contributed by atoms with Crippen LogP contribution in [-0.4, -0.2) is 22.2 Å². The van der Waals surface area contributed by atoms with Crippen LogP contribution in [0.2, 0.25) is 0 Å². The van der Waals surface area contributed by atoms with Gasteiger partial charge in [0.25, 0.3) is 0 Å². The summed E-state index contributed by atoms with van der Waals surface area (Å²) >= 11 is 2.08. The molecule has 1 saturated carbocycles. The number of phenolic OH excluding ortho intramolecular Hbond substituents is 1. The van der Waals surface area contributed by atoms with Crippen molar-refractivity contribution >= 4 is 11.8 Å². The van der Waals surface area contributed by atoms with E-state index in [0.717, 1.165) is 10.8 Å². The van der Waals surface area contributed by atoms with Crippen LogP contribution in [0.25, 0.3) is 0 Å². The lowest BCUT2D eigenvalue weighted by Crippen LogP contribution is -2.29. The zero-order valence-electron chi connectivity index (χ0n) is 12.1. The zero-order chi connectivity index (χ0) is 13.8. The number of aromatic hydroxyl groups is 1. The van der Waals surface area contributed by atoms with Crippen LogP contribution >= 0.6 is 11.8 Å². The molecule has 106 valence electrons. The van der Waals surface area contributed by atoms with Crippen molar-refractivity contribution in [3.63, 3.8) is 0 Å². The molecule has 0 aromatic heterocycles. The van der Waals surface area contributed by atoms with E-state index in [4.69, 9.17) is 0 Å². The number of aryl methyl sites for hydroxylation is 1. The molecular formula is C16H25NOS. The van der Waals surface area contributed by atoms with E-state index in [0.29, 0.717) is 11.8 Å². The van der Waals surface area contributed by atoms with Crippen LogP contribution < -0.4 is 5.32 Å². The lowest BCUT2D eigenvalue weighted by Gasteiger charge is -2.21. The summed E-state index contributed by atoms with van der Waals surface area (Å²) in [5.41, 5.74) is 2.22. The fourth-order valence-corrected chi connectivity index (χ4v) is 4.09. The normalized spacial score (nSPS) is 24.6. The quantitative estimate of drug-likeness (QED) is 0.853. The summed E-state index contributed by atoms with van der Waals surface area (Å²) < 4.78 is 0. The number of rotatable bonds is 5. The lowest BCUT2D eigenvalue weighted by atomic mass is 10.0. The number of thioether (sulfide) groups is 1. The Labute approximate surface area is 121 Å². The first-order valence-electron chi connectivity index (χ1n) is 7.27. The van der Waals surface area contributed by atoms with E-state index < -0.39 is 0 Å². The fourth-order valence-electron chi connectivity index (χ4n) is 2.94. The SMILES string of the molecule is CCSC1CCC(NC(C)c2cc(C)ccc2O)C1. The molecule has 2 nitrogen and oxygen atoms in total. The third kappa shape index (κ3) is 3.90. The van der Waals surface area contributed by atoms with Gasteiger partial charge in [-0.3, -0.25) is 0 Å². The van der Waals surface area contributed by atoms with Gasteiger partial charge in [0.15, 0.2) is 0 Å². The minimum Gasteiger partial charge on any atom is -0.508 e. The van der Waals surface area contributed by atoms with Crippen molar-refractivity contribution in [2.75, 3.05) is 5.75 Å². The van der Waals surface area contributed by atoms with Gasteiger partial charge < -0.3 is 10.4 Å². The molecule has 2 N–H and O–H groups in total. The maximum Gasteiger partial charge on any atom is 0.120 e. The van der Waals surface area contributed by atoms with Crippen LogP contribution in [-0.2, 0) is 0 Å². The minimum atomic E-state index is 0.218. The molecule has 1 fully saturated rings. The third-order valence-corrected chi connectivity index (χ3v) is 5.16. The predicted molar refractivity (Wildman–Crippen MR) is 84.0 cm³/mol. The van der Waals surface area contributed by atoms with Crippen molar-refractivity contribution in [2.45, 2.75) is 57.4 Å². The molecule has 3 atom stereocenters. The van der Waals surface area contributed by atoms with Gasteiger partial charge in [0.05, 0.1) is 0 Å². The van der Waals surface area contributed by atoms with Gasteiger partial charge >= 0.3 is 0 Å². The van der Waals surface area contributed by atoms with Crippen LogP contribution in [0.3, 0.4) is 0 Å². The molecule has 1 aromatic carbocycles. The Bertz CT molecular complexity index is 421. The van der Waals surface area contributed by atoms with E-state index in [-0.39, 0.29) is 6.04 Å². The van der Waals surface area contributed by atoms with Gasteiger partial charge in [0.1, 0.15) is 5.75 Å². The zero-order valence-corrected chi connectivity index (χ0v) is 13.0. The second-order valence-electron chi connectivity index (χ2n) is 5.54. The number of benzene rings is 1. The molecule has 0 bridgehead atoms. The molecular weight excluding hydrogens is 254 g/mol. The first-order valence-corrected chi connectivity index (χ1v) is 8.32. The van der Waals surface area contributed by atoms with Gasteiger partial charge in [-0.1, -0.05) is 24.6 Å². The third-order valence-electron chi connectivity index (χ3n) is 3.92.